The summed E-state index contributed by atoms with van der Waals surface area (Å²) in [6.07, 6.45) is 0. The van der Waals surface area contributed by atoms with E-state index < -0.39 is 5.78 Å². The quantitative estimate of drug-likeness (QED) is 0.434. The van der Waals surface area contributed by atoms with Gasteiger partial charge in [-0.3, -0.25) is 4.79 Å². The number of ketones is 1. The Morgan fingerprint density at radius 3 is 3.00 bits per heavy atom. The highest BCUT2D eigenvalue weighted by Crippen LogP contribution is 2.07. The van der Waals surface area contributed by atoms with Gasteiger partial charge in [-0.2, -0.15) is 5.26 Å². The van der Waals surface area contributed by atoms with Crippen molar-refractivity contribution in [2.45, 2.75) is 0 Å². The highest BCUT2D eigenvalue weighted by molar-refractivity contribution is 7.12. The number of nitrogens with zero attached hydrogens (tertiary/aromatic N) is 1. The smallest absolute Gasteiger partial charge is 0.272 e. The van der Waals surface area contributed by atoms with Crippen LogP contribution in [0.5, 0.6) is 0 Å². The van der Waals surface area contributed by atoms with E-state index in [0.717, 1.165) is 0 Å². The van der Waals surface area contributed by atoms with Crippen LogP contribution in [0.2, 0.25) is 0 Å². The first kappa shape index (κ1) is 5.99. The monoisotopic (exact) mass is 137 g/mol. The van der Waals surface area contributed by atoms with E-state index in [4.69, 9.17) is 5.26 Å². The molecule has 0 aliphatic heterocycles. The van der Waals surface area contributed by atoms with Gasteiger partial charge < -0.3 is 0 Å². The van der Waals surface area contributed by atoms with Crippen LogP contribution in [0.4, 0.5) is 0 Å². The first-order chi connectivity index (χ1) is 4.34. The lowest BCUT2D eigenvalue weighted by atomic mass is 10.3. The molecule has 1 rings (SSSR count). The minimum atomic E-state index is -0.454. The summed E-state index contributed by atoms with van der Waals surface area (Å²) in [6.45, 7) is 0. The first-order valence-electron chi connectivity index (χ1n) is 2.32. The van der Waals surface area contributed by atoms with Crippen LogP contribution in [-0.2, 0) is 0 Å². The second kappa shape index (κ2) is 2.42. The van der Waals surface area contributed by atoms with Gasteiger partial charge in [0.2, 0.25) is 0 Å². The summed E-state index contributed by atoms with van der Waals surface area (Å²) in [5.74, 6) is -0.454. The number of rotatable bonds is 1. The van der Waals surface area contributed by atoms with Gasteiger partial charge in [0.15, 0.2) is 0 Å². The Bertz CT molecular complexity index is 245. The van der Waals surface area contributed by atoms with Gasteiger partial charge in [0.05, 0.1) is 4.88 Å². The predicted molar refractivity (Wildman–Crippen MR) is 34.3 cm³/mol. The van der Waals surface area contributed by atoms with Crippen LogP contribution in [0.1, 0.15) is 9.67 Å². The van der Waals surface area contributed by atoms with E-state index in [1.807, 2.05) is 0 Å². The van der Waals surface area contributed by atoms with Crippen LogP contribution in [0, 0.1) is 11.3 Å². The maximum Gasteiger partial charge on any atom is 0.272 e. The number of hydrogen-bond acceptors (Lipinski definition) is 3. The molecule has 2 nitrogen and oxygen atoms in total. The summed E-state index contributed by atoms with van der Waals surface area (Å²) < 4.78 is 0. The molecule has 0 aliphatic carbocycles. The van der Waals surface area contributed by atoms with Crippen molar-refractivity contribution in [3.63, 3.8) is 0 Å². The Labute approximate surface area is 56.4 Å². The maximum atomic E-state index is 10.5. The molecule has 0 saturated carbocycles. The number of Topliss-reactive ketones (excluding diaryl/α,β-unsaturated/α-hetero) is 1. The van der Waals surface area contributed by atoms with Crippen LogP contribution < -0.4 is 0 Å². The molecule has 0 N–H and O–H groups in total. The topological polar surface area (TPSA) is 40.9 Å². The molecule has 0 atom stereocenters. The SMILES string of the molecule is N#CC(=O)c1cccs1. The molecule has 1 aromatic heterocycles. The molecule has 1 aromatic rings. The lowest BCUT2D eigenvalue weighted by Crippen LogP contribution is -1.87. The van der Waals surface area contributed by atoms with Crippen molar-refractivity contribution >= 4 is 17.1 Å². The first-order valence-corrected chi connectivity index (χ1v) is 3.20. The van der Waals surface area contributed by atoms with Crippen molar-refractivity contribution in [2.75, 3.05) is 0 Å². The van der Waals surface area contributed by atoms with Crippen molar-refractivity contribution < 1.29 is 4.79 Å². The molecule has 3 heteroatoms. The van der Waals surface area contributed by atoms with Crippen molar-refractivity contribution in [1.82, 2.24) is 0 Å². The van der Waals surface area contributed by atoms with Crippen molar-refractivity contribution in [3.05, 3.63) is 22.4 Å². The average molecular weight is 137 g/mol. The molecule has 0 amide bonds. The molecule has 0 radical (unpaired) electrons. The largest absolute Gasteiger partial charge is 0.276 e. The summed E-state index contributed by atoms with van der Waals surface area (Å²) in [6, 6.07) is 4.92. The van der Waals surface area contributed by atoms with Crippen LogP contribution >= 0.6 is 11.3 Å². The molecular formula is C6H3NOS. The van der Waals surface area contributed by atoms with Gasteiger partial charge in [-0.1, -0.05) is 6.07 Å². The number of nitriles is 1. The molecule has 0 bridgehead atoms. The molecule has 1 heterocycles. The zero-order valence-electron chi connectivity index (χ0n) is 4.50. The van der Waals surface area contributed by atoms with E-state index in [0.29, 0.717) is 4.88 Å². The van der Waals surface area contributed by atoms with Gasteiger partial charge in [-0.05, 0) is 11.4 Å². The van der Waals surface area contributed by atoms with Gasteiger partial charge in [0.1, 0.15) is 6.07 Å². The Hall–Kier alpha value is -1.14. The minimum Gasteiger partial charge on any atom is -0.276 e. The predicted octanol–water partition coefficient (Wildman–Crippen LogP) is 1.45. The van der Waals surface area contributed by atoms with Gasteiger partial charge in [-0.15, -0.1) is 11.3 Å². The van der Waals surface area contributed by atoms with Gasteiger partial charge in [-0.25, -0.2) is 0 Å². The lowest BCUT2D eigenvalue weighted by Gasteiger charge is -1.76. The van der Waals surface area contributed by atoms with Crippen molar-refractivity contribution in [1.29, 1.82) is 5.26 Å². The Kier molecular flexibility index (Phi) is 1.61. The second-order valence-corrected chi connectivity index (χ2v) is 2.37. The van der Waals surface area contributed by atoms with Gasteiger partial charge in [0.25, 0.3) is 5.78 Å². The summed E-state index contributed by atoms with van der Waals surface area (Å²) in [5.41, 5.74) is 0. The molecule has 44 valence electrons. The number of carbonyl (C=O) groups is 1. The third kappa shape index (κ3) is 1.15. The average Bonchev–Trinajstić information content (AvgIpc) is 2.37. The molecule has 0 aliphatic rings. The van der Waals surface area contributed by atoms with Crippen LogP contribution in [0.25, 0.3) is 0 Å². The molecule has 0 spiro atoms. The zero-order chi connectivity index (χ0) is 6.69. The summed E-state index contributed by atoms with van der Waals surface area (Å²) >= 11 is 1.28. The Morgan fingerprint density at radius 1 is 1.78 bits per heavy atom. The molecule has 0 fully saturated rings. The molecule has 9 heavy (non-hydrogen) atoms. The van der Waals surface area contributed by atoms with E-state index in [1.165, 1.54) is 17.4 Å². The third-order valence-corrected chi connectivity index (χ3v) is 1.72. The highest BCUT2D eigenvalue weighted by atomic mass is 32.1. The third-order valence-electron chi connectivity index (χ3n) is 0.847. The van der Waals surface area contributed by atoms with E-state index in [9.17, 15) is 4.79 Å². The highest BCUT2D eigenvalue weighted by Gasteiger charge is 2.01. The van der Waals surface area contributed by atoms with Gasteiger partial charge >= 0.3 is 0 Å². The fourth-order valence-electron chi connectivity index (χ4n) is 0.463. The summed E-state index contributed by atoms with van der Waals surface area (Å²) in [4.78, 5) is 11.0. The normalized spacial score (nSPS) is 8.33. The number of hydrogen-bond donors (Lipinski definition) is 0. The number of carbonyl (C=O) groups excluding carboxylic acids is 1. The summed E-state index contributed by atoms with van der Waals surface area (Å²) in [7, 11) is 0. The van der Waals surface area contributed by atoms with Crippen LogP contribution in [-0.4, -0.2) is 5.78 Å². The van der Waals surface area contributed by atoms with E-state index in [1.54, 1.807) is 17.5 Å². The molecule has 0 saturated heterocycles. The van der Waals surface area contributed by atoms with E-state index >= 15 is 0 Å². The molecule has 0 aromatic carbocycles. The van der Waals surface area contributed by atoms with E-state index in [2.05, 4.69) is 0 Å². The Balaban J connectivity index is 2.93. The molecule has 0 unspecified atom stereocenters. The van der Waals surface area contributed by atoms with Crippen molar-refractivity contribution in [2.24, 2.45) is 0 Å². The fraction of sp³-hybridized carbons (Fsp3) is 0. The van der Waals surface area contributed by atoms with Crippen LogP contribution in [0.15, 0.2) is 17.5 Å². The lowest BCUT2D eigenvalue weighted by molar-refractivity contribution is 0.105. The molecular weight excluding hydrogens is 134 g/mol. The van der Waals surface area contributed by atoms with Crippen molar-refractivity contribution in [3.8, 4) is 6.07 Å². The van der Waals surface area contributed by atoms with Gasteiger partial charge in [0, 0.05) is 0 Å². The van der Waals surface area contributed by atoms with E-state index in [-0.39, 0.29) is 0 Å². The standard InChI is InChI=1S/C6H3NOS/c7-4-5(8)6-2-1-3-9-6/h1-3H. The second-order valence-electron chi connectivity index (χ2n) is 1.42. The fourth-order valence-corrected chi connectivity index (χ4v) is 1.08. The summed E-state index contributed by atoms with van der Waals surface area (Å²) in [5, 5.41) is 9.88. The minimum absolute atomic E-state index is 0.454. The zero-order valence-corrected chi connectivity index (χ0v) is 5.31. The maximum absolute atomic E-state index is 10.5. The van der Waals surface area contributed by atoms with Crippen LogP contribution in [0.3, 0.4) is 0 Å². The number of thiophene rings is 1. The Morgan fingerprint density at radius 2 is 2.56 bits per heavy atom.